The monoisotopic (exact) mass is 360 g/mol. The molecule has 142 valence electrons. The fourth-order valence-electron chi connectivity index (χ4n) is 5.49. The molecular weight excluding hydrogens is 332 g/mol. The Kier molecular flexibility index (Phi) is 3.95. The summed E-state index contributed by atoms with van der Waals surface area (Å²) in [6.07, 6.45) is 4.74. The van der Waals surface area contributed by atoms with Crippen LogP contribution in [0.5, 0.6) is 5.75 Å². The molecule has 1 aliphatic heterocycles. The van der Waals surface area contributed by atoms with Crippen molar-refractivity contribution >= 4 is 5.91 Å². The van der Waals surface area contributed by atoms with E-state index in [0.29, 0.717) is 24.7 Å². The fraction of sp³-hybridized carbons (Fsp3) is 0.700. The van der Waals surface area contributed by atoms with E-state index in [1.54, 1.807) is 6.92 Å². The van der Waals surface area contributed by atoms with Gasteiger partial charge < -0.3 is 19.3 Å². The largest absolute Gasteiger partial charge is 0.508 e. The number of ether oxygens (including phenoxy) is 1. The zero-order chi connectivity index (χ0) is 18.7. The van der Waals surface area contributed by atoms with E-state index in [2.05, 4.69) is 13.8 Å². The molecule has 2 heterocycles. The Labute approximate surface area is 153 Å². The summed E-state index contributed by atoms with van der Waals surface area (Å²) < 4.78 is 7.98. The highest BCUT2D eigenvalue weighted by molar-refractivity contribution is 5.76. The summed E-state index contributed by atoms with van der Waals surface area (Å²) in [6.45, 7) is 7.01. The number of carbonyl (C=O) groups excluding carboxylic acids is 1. The molecule has 1 amide bonds. The molecule has 0 radical (unpaired) electrons. The van der Waals surface area contributed by atoms with Gasteiger partial charge in [0.05, 0.1) is 17.7 Å². The molecule has 2 aliphatic carbocycles. The minimum Gasteiger partial charge on any atom is -0.508 e. The second-order valence-electron chi connectivity index (χ2n) is 9.04. The summed E-state index contributed by atoms with van der Waals surface area (Å²) in [5.74, 6) is 1.15. The van der Waals surface area contributed by atoms with Gasteiger partial charge in [-0.05, 0) is 64.4 Å². The van der Waals surface area contributed by atoms with Gasteiger partial charge >= 0.3 is 0 Å². The van der Waals surface area contributed by atoms with Gasteiger partial charge in [0.25, 0.3) is 5.56 Å². The Bertz CT molecular complexity index is 799. The Hall–Kier alpha value is -1.82. The minimum atomic E-state index is -0.382. The maximum Gasteiger partial charge on any atom is 0.254 e. The second-order valence-corrected chi connectivity index (χ2v) is 9.04. The SMILES string of the molecule is Cc1cc(O)cc(=O)n1CC(=O)N1CC(C)(C)O[C@@]2(C[C@@H]3CC[C@H]2C3)C1. The van der Waals surface area contributed by atoms with Crippen LogP contribution in [0.3, 0.4) is 0 Å². The van der Waals surface area contributed by atoms with Crippen LogP contribution in [0.1, 0.15) is 45.2 Å². The number of nitrogens with zero attached hydrogens (tertiary/aromatic N) is 2. The molecule has 6 nitrogen and oxygen atoms in total. The van der Waals surface area contributed by atoms with Crippen molar-refractivity contribution in [2.75, 3.05) is 13.1 Å². The highest BCUT2D eigenvalue weighted by Gasteiger charge is 2.57. The van der Waals surface area contributed by atoms with Crippen molar-refractivity contribution in [1.82, 2.24) is 9.47 Å². The average Bonchev–Trinajstić information content (AvgIpc) is 3.09. The minimum absolute atomic E-state index is 0.00516. The van der Waals surface area contributed by atoms with Gasteiger partial charge in [-0.2, -0.15) is 0 Å². The predicted molar refractivity (Wildman–Crippen MR) is 97.0 cm³/mol. The molecule has 1 aromatic heterocycles. The molecule has 0 aromatic carbocycles. The number of fused-ring (bicyclic) bond motifs is 3. The molecule has 1 N–H and O–H groups in total. The summed E-state index contributed by atoms with van der Waals surface area (Å²) in [6, 6.07) is 2.66. The molecule has 1 saturated heterocycles. The molecule has 3 atom stereocenters. The van der Waals surface area contributed by atoms with Crippen LogP contribution < -0.4 is 5.56 Å². The molecule has 1 spiro atoms. The number of hydrogen-bond acceptors (Lipinski definition) is 4. The fourth-order valence-corrected chi connectivity index (χ4v) is 5.49. The van der Waals surface area contributed by atoms with Gasteiger partial charge in [0.2, 0.25) is 5.91 Å². The topological polar surface area (TPSA) is 71.8 Å². The van der Waals surface area contributed by atoms with Crippen LogP contribution in [0.2, 0.25) is 0 Å². The first kappa shape index (κ1) is 17.6. The van der Waals surface area contributed by atoms with Crippen molar-refractivity contribution in [1.29, 1.82) is 0 Å². The maximum absolute atomic E-state index is 13.0. The number of rotatable bonds is 2. The first-order valence-corrected chi connectivity index (χ1v) is 9.56. The van der Waals surface area contributed by atoms with Crippen LogP contribution in [-0.4, -0.2) is 44.8 Å². The number of pyridine rings is 1. The summed E-state index contributed by atoms with van der Waals surface area (Å²) in [5.41, 5.74) is -0.355. The molecule has 4 rings (SSSR count). The number of hydrogen-bond donors (Lipinski definition) is 1. The van der Waals surface area contributed by atoms with Crippen molar-refractivity contribution in [2.24, 2.45) is 11.8 Å². The van der Waals surface area contributed by atoms with E-state index in [1.807, 2.05) is 4.90 Å². The molecule has 3 aliphatic rings. The van der Waals surface area contributed by atoms with Crippen LogP contribution in [0, 0.1) is 18.8 Å². The number of aromatic nitrogens is 1. The zero-order valence-electron chi connectivity index (χ0n) is 15.8. The van der Waals surface area contributed by atoms with E-state index in [4.69, 9.17) is 4.74 Å². The van der Waals surface area contributed by atoms with Crippen LogP contribution in [0.15, 0.2) is 16.9 Å². The standard InChI is InChI=1S/C20H28N2O4/c1-13-6-16(23)8-17(24)22(13)10-18(25)21-11-19(2,3)26-20(12-21)9-14-4-5-15(20)7-14/h6,8,14-15,23H,4-5,7,9-12H2,1-3H3/t14-,15+,20+/m1/s1. The van der Waals surface area contributed by atoms with Crippen LogP contribution in [-0.2, 0) is 16.1 Å². The molecule has 26 heavy (non-hydrogen) atoms. The summed E-state index contributed by atoms with van der Waals surface area (Å²) >= 11 is 0. The number of amides is 1. The van der Waals surface area contributed by atoms with Crippen LogP contribution >= 0.6 is 0 Å². The number of aryl methyl sites for hydroxylation is 1. The van der Waals surface area contributed by atoms with Crippen molar-refractivity contribution in [2.45, 2.75) is 64.2 Å². The van der Waals surface area contributed by atoms with E-state index in [-0.39, 0.29) is 35.0 Å². The first-order valence-electron chi connectivity index (χ1n) is 9.56. The smallest absolute Gasteiger partial charge is 0.254 e. The third-order valence-electron chi connectivity index (χ3n) is 6.40. The molecule has 2 bridgehead atoms. The lowest BCUT2D eigenvalue weighted by atomic mass is 9.81. The van der Waals surface area contributed by atoms with E-state index in [0.717, 1.165) is 18.4 Å². The zero-order valence-corrected chi connectivity index (χ0v) is 15.8. The van der Waals surface area contributed by atoms with Gasteiger partial charge in [-0.25, -0.2) is 0 Å². The van der Waals surface area contributed by atoms with E-state index >= 15 is 0 Å². The molecule has 1 aromatic rings. The van der Waals surface area contributed by atoms with Crippen molar-refractivity contribution in [3.05, 3.63) is 28.2 Å². The van der Waals surface area contributed by atoms with E-state index in [1.165, 1.54) is 29.9 Å². The summed E-state index contributed by atoms with van der Waals surface area (Å²) in [4.78, 5) is 27.1. The average molecular weight is 360 g/mol. The lowest BCUT2D eigenvalue weighted by Crippen LogP contribution is -2.63. The van der Waals surface area contributed by atoms with Gasteiger partial charge in [-0.1, -0.05) is 0 Å². The number of morpholine rings is 1. The molecule has 3 fully saturated rings. The third-order valence-corrected chi connectivity index (χ3v) is 6.40. The van der Waals surface area contributed by atoms with Gasteiger partial charge in [0, 0.05) is 18.3 Å². The third kappa shape index (κ3) is 2.94. The van der Waals surface area contributed by atoms with Gasteiger partial charge in [0.15, 0.2) is 0 Å². The van der Waals surface area contributed by atoms with Crippen molar-refractivity contribution in [3.8, 4) is 5.75 Å². The molecule has 6 heteroatoms. The Morgan fingerprint density at radius 3 is 2.69 bits per heavy atom. The van der Waals surface area contributed by atoms with Crippen molar-refractivity contribution in [3.63, 3.8) is 0 Å². The summed E-state index contributed by atoms with van der Waals surface area (Å²) in [5, 5.41) is 9.54. The highest BCUT2D eigenvalue weighted by atomic mass is 16.5. The Morgan fingerprint density at radius 1 is 1.31 bits per heavy atom. The van der Waals surface area contributed by atoms with Crippen LogP contribution in [0.25, 0.3) is 0 Å². The quantitative estimate of drug-likeness (QED) is 0.876. The van der Waals surface area contributed by atoms with E-state index in [9.17, 15) is 14.7 Å². The Balaban J connectivity index is 1.57. The molecule has 0 unspecified atom stereocenters. The number of aromatic hydroxyl groups is 1. The van der Waals surface area contributed by atoms with Gasteiger partial charge in [0.1, 0.15) is 12.3 Å². The normalized spacial score (nSPS) is 32.3. The maximum atomic E-state index is 13.0. The predicted octanol–water partition coefficient (Wildman–Crippen LogP) is 2.06. The molecular formula is C20H28N2O4. The van der Waals surface area contributed by atoms with Gasteiger partial charge in [-0.15, -0.1) is 0 Å². The first-order chi connectivity index (χ1) is 12.2. The van der Waals surface area contributed by atoms with Gasteiger partial charge in [-0.3, -0.25) is 9.59 Å². The number of carbonyl (C=O) groups is 1. The highest BCUT2D eigenvalue weighted by Crippen LogP contribution is 2.55. The summed E-state index contributed by atoms with van der Waals surface area (Å²) in [7, 11) is 0. The lowest BCUT2D eigenvalue weighted by molar-refractivity contribution is -0.218. The second kappa shape index (κ2) is 5.84. The lowest BCUT2D eigenvalue weighted by Gasteiger charge is -2.52. The van der Waals surface area contributed by atoms with Crippen LogP contribution in [0.4, 0.5) is 0 Å². The molecule has 2 saturated carbocycles. The Morgan fingerprint density at radius 2 is 2.08 bits per heavy atom. The van der Waals surface area contributed by atoms with Crippen molar-refractivity contribution < 1.29 is 14.6 Å². The van der Waals surface area contributed by atoms with E-state index < -0.39 is 0 Å².